The molecule has 0 spiro atoms. The molecule has 0 radical (unpaired) electrons. The summed E-state index contributed by atoms with van der Waals surface area (Å²) < 4.78 is 0. The van der Waals surface area contributed by atoms with Crippen molar-refractivity contribution >= 4 is 17.5 Å². The summed E-state index contributed by atoms with van der Waals surface area (Å²) in [6, 6.07) is 8.93. The molecule has 1 aromatic carbocycles. The molecule has 0 bridgehead atoms. The second-order valence-corrected chi connectivity index (χ2v) is 7.60. The molecule has 2 amide bonds. The van der Waals surface area contributed by atoms with Gasteiger partial charge >= 0.3 is 0 Å². The first-order chi connectivity index (χ1) is 12.0. The van der Waals surface area contributed by atoms with Gasteiger partial charge in [-0.15, -0.1) is 0 Å². The topological polar surface area (TPSA) is 52.6 Å². The fraction of sp³-hybridized carbons (Fsp3) is 0.600. The third-order valence-electron chi connectivity index (χ3n) is 5.75. The summed E-state index contributed by atoms with van der Waals surface area (Å²) in [6.45, 7) is 11.1. The van der Waals surface area contributed by atoms with Crippen molar-refractivity contribution in [3.05, 3.63) is 29.8 Å². The highest BCUT2D eigenvalue weighted by atomic mass is 16.2. The summed E-state index contributed by atoms with van der Waals surface area (Å²) in [5.41, 5.74) is 2.22. The van der Waals surface area contributed by atoms with Crippen molar-refractivity contribution in [2.45, 2.75) is 45.6 Å². The monoisotopic (exact) mass is 343 g/mol. The van der Waals surface area contributed by atoms with Crippen LogP contribution in [-0.4, -0.2) is 48.9 Å². The largest absolute Gasteiger partial charge is 0.369 e. The van der Waals surface area contributed by atoms with E-state index in [2.05, 4.69) is 48.0 Å². The Morgan fingerprint density at radius 3 is 2.20 bits per heavy atom. The predicted octanol–water partition coefficient (Wildman–Crippen LogP) is 2.37. The Bertz CT molecular complexity index is 618. The highest BCUT2D eigenvalue weighted by molar-refractivity contribution is 6.00. The van der Waals surface area contributed by atoms with Crippen LogP contribution in [0.25, 0.3) is 0 Å². The van der Waals surface area contributed by atoms with E-state index in [4.69, 9.17) is 0 Å². The summed E-state index contributed by atoms with van der Waals surface area (Å²) in [7, 11) is 0. The fourth-order valence-corrected chi connectivity index (χ4v) is 3.74. The van der Waals surface area contributed by atoms with E-state index < -0.39 is 0 Å². The average Bonchev–Trinajstić information content (AvgIpc) is 2.61. The number of amides is 2. The lowest BCUT2D eigenvalue weighted by Gasteiger charge is -2.40. The molecule has 136 valence electrons. The Morgan fingerprint density at radius 2 is 1.64 bits per heavy atom. The molecule has 1 aromatic rings. The van der Waals surface area contributed by atoms with Gasteiger partial charge in [0.1, 0.15) is 0 Å². The zero-order valence-corrected chi connectivity index (χ0v) is 15.5. The van der Waals surface area contributed by atoms with Crippen LogP contribution in [-0.2, 0) is 9.59 Å². The summed E-state index contributed by atoms with van der Waals surface area (Å²) in [6.07, 6.45) is 1.03. The Hall–Kier alpha value is -1.88. The number of nitrogens with one attached hydrogen (secondary N) is 1. The molecule has 2 saturated heterocycles. The van der Waals surface area contributed by atoms with Gasteiger partial charge in [0.25, 0.3) is 0 Å². The average molecular weight is 343 g/mol. The van der Waals surface area contributed by atoms with Gasteiger partial charge in [-0.25, -0.2) is 0 Å². The normalized spacial score (nSPS) is 23.7. The maximum Gasteiger partial charge on any atom is 0.234 e. The SMILES string of the molecule is CC(C)C(C)N1CCN(c2ccc(C3CCC(=O)NC3=O)cc2)CC1. The van der Waals surface area contributed by atoms with Gasteiger partial charge in [0.2, 0.25) is 11.8 Å². The second kappa shape index (κ2) is 7.56. The van der Waals surface area contributed by atoms with Gasteiger partial charge < -0.3 is 4.90 Å². The van der Waals surface area contributed by atoms with Gasteiger partial charge in [-0.1, -0.05) is 26.0 Å². The lowest BCUT2D eigenvalue weighted by molar-refractivity contribution is -0.134. The van der Waals surface area contributed by atoms with E-state index in [9.17, 15) is 9.59 Å². The molecule has 5 heteroatoms. The molecule has 2 atom stereocenters. The van der Waals surface area contributed by atoms with E-state index >= 15 is 0 Å². The van der Waals surface area contributed by atoms with E-state index in [1.54, 1.807) is 0 Å². The van der Waals surface area contributed by atoms with Crippen LogP contribution in [0.2, 0.25) is 0 Å². The van der Waals surface area contributed by atoms with Crippen molar-refractivity contribution in [1.82, 2.24) is 10.2 Å². The maximum absolute atomic E-state index is 12.0. The van der Waals surface area contributed by atoms with Crippen LogP contribution >= 0.6 is 0 Å². The lowest BCUT2D eigenvalue weighted by Crippen LogP contribution is -2.50. The number of hydrogen-bond acceptors (Lipinski definition) is 4. The first-order valence-corrected chi connectivity index (χ1v) is 9.38. The van der Waals surface area contributed by atoms with Crippen LogP contribution in [0.4, 0.5) is 5.69 Å². The Labute approximate surface area is 150 Å². The van der Waals surface area contributed by atoms with Crippen molar-refractivity contribution in [2.75, 3.05) is 31.1 Å². The van der Waals surface area contributed by atoms with Gasteiger partial charge in [-0.2, -0.15) is 0 Å². The quantitative estimate of drug-likeness (QED) is 0.853. The Balaban J connectivity index is 1.60. The molecule has 2 aliphatic heterocycles. The molecule has 3 rings (SSSR count). The van der Waals surface area contributed by atoms with Crippen molar-refractivity contribution < 1.29 is 9.59 Å². The first kappa shape index (κ1) is 17.9. The number of piperidine rings is 1. The Kier molecular flexibility index (Phi) is 5.42. The second-order valence-electron chi connectivity index (χ2n) is 7.60. The minimum atomic E-state index is -0.199. The standard InChI is InChI=1S/C20H29N3O2/c1-14(2)15(3)22-10-12-23(13-11-22)17-6-4-16(5-7-17)18-8-9-19(24)21-20(18)25/h4-7,14-15,18H,8-13H2,1-3H3,(H,21,24,25). The molecule has 0 saturated carbocycles. The number of benzene rings is 1. The molecule has 2 heterocycles. The lowest BCUT2D eigenvalue weighted by atomic mass is 9.90. The minimum absolute atomic E-state index is 0.161. The van der Waals surface area contributed by atoms with Crippen molar-refractivity contribution in [1.29, 1.82) is 0 Å². The van der Waals surface area contributed by atoms with Crippen LogP contribution in [0.3, 0.4) is 0 Å². The van der Waals surface area contributed by atoms with Crippen LogP contribution in [0.5, 0.6) is 0 Å². The van der Waals surface area contributed by atoms with E-state index in [1.807, 2.05) is 12.1 Å². The molecule has 25 heavy (non-hydrogen) atoms. The highest BCUT2D eigenvalue weighted by Gasteiger charge is 2.28. The van der Waals surface area contributed by atoms with Gasteiger partial charge in [0.15, 0.2) is 0 Å². The van der Waals surface area contributed by atoms with Crippen LogP contribution in [0.15, 0.2) is 24.3 Å². The van der Waals surface area contributed by atoms with Gasteiger partial charge in [0.05, 0.1) is 5.92 Å². The molecule has 1 N–H and O–H groups in total. The summed E-state index contributed by atoms with van der Waals surface area (Å²) >= 11 is 0. The van der Waals surface area contributed by atoms with Crippen molar-refractivity contribution in [2.24, 2.45) is 5.92 Å². The number of nitrogens with zero attached hydrogens (tertiary/aromatic N) is 2. The zero-order valence-electron chi connectivity index (χ0n) is 15.5. The molecular weight excluding hydrogens is 314 g/mol. The molecule has 0 aliphatic carbocycles. The van der Waals surface area contributed by atoms with Crippen LogP contribution in [0.1, 0.15) is 45.1 Å². The molecule has 2 fully saturated rings. The Morgan fingerprint density at radius 1 is 1.00 bits per heavy atom. The number of carbonyl (C=O) groups excluding carboxylic acids is 2. The van der Waals surface area contributed by atoms with E-state index in [0.29, 0.717) is 24.8 Å². The number of anilines is 1. The van der Waals surface area contributed by atoms with Crippen molar-refractivity contribution in [3.8, 4) is 0 Å². The van der Waals surface area contributed by atoms with Crippen LogP contribution < -0.4 is 10.2 Å². The predicted molar refractivity (Wildman–Crippen MR) is 99.7 cm³/mol. The fourth-order valence-electron chi connectivity index (χ4n) is 3.74. The maximum atomic E-state index is 12.0. The van der Waals surface area contributed by atoms with Gasteiger partial charge in [0, 0.05) is 44.3 Å². The summed E-state index contributed by atoms with van der Waals surface area (Å²) in [4.78, 5) is 28.3. The molecule has 2 unspecified atom stereocenters. The highest BCUT2D eigenvalue weighted by Crippen LogP contribution is 2.27. The van der Waals surface area contributed by atoms with Gasteiger partial charge in [-0.05, 0) is 37.0 Å². The summed E-state index contributed by atoms with van der Waals surface area (Å²) in [5, 5.41) is 2.44. The minimum Gasteiger partial charge on any atom is -0.369 e. The number of rotatable bonds is 4. The van der Waals surface area contributed by atoms with Crippen molar-refractivity contribution in [3.63, 3.8) is 0 Å². The summed E-state index contributed by atoms with van der Waals surface area (Å²) in [5.74, 6) is 0.154. The molecule has 2 aliphatic rings. The molecule has 5 nitrogen and oxygen atoms in total. The van der Waals surface area contributed by atoms with E-state index in [0.717, 1.165) is 31.7 Å². The number of imide groups is 1. The smallest absolute Gasteiger partial charge is 0.234 e. The number of carbonyl (C=O) groups is 2. The van der Waals surface area contributed by atoms with Gasteiger partial charge in [-0.3, -0.25) is 19.8 Å². The van der Waals surface area contributed by atoms with Crippen LogP contribution in [0, 0.1) is 5.92 Å². The third-order valence-corrected chi connectivity index (χ3v) is 5.75. The number of hydrogen-bond donors (Lipinski definition) is 1. The number of piperazine rings is 1. The molecule has 0 aromatic heterocycles. The third kappa shape index (κ3) is 4.03. The van der Waals surface area contributed by atoms with E-state index in [-0.39, 0.29) is 17.7 Å². The first-order valence-electron chi connectivity index (χ1n) is 9.38. The van der Waals surface area contributed by atoms with E-state index in [1.165, 1.54) is 5.69 Å². The zero-order chi connectivity index (χ0) is 18.0. The molecular formula is C20H29N3O2.